The molecule has 0 saturated heterocycles. The van der Waals surface area contributed by atoms with Crippen LogP contribution < -0.4 is 0 Å². The Balaban J connectivity index is 2.59. The van der Waals surface area contributed by atoms with E-state index in [1.165, 1.54) is 0 Å². The number of hydrogen-bond acceptors (Lipinski definition) is 4. The molecular formula is C10H14ClNO3. The quantitative estimate of drug-likeness (QED) is 0.754. The Morgan fingerprint density at radius 2 is 2.33 bits per heavy atom. The number of likely N-dealkylation sites (N-methyl/N-ethyl adjacent to an activating group) is 1. The highest BCUT2D eigenvalue weighted by Gasteiger charge is 2.10. The van der Waals surface area contributed by atoms with E-state index in [1.54, 1.807) is 12.1 Å². The molecule has 0 atom stereocenters. The first-order valence-electron chi connectivity index (χ1n) is 4.79. The zero-order valence-electron chi connectivity index (χ0n) is 8.57. The summed E-state index contributed by atoms with van der Waals surface area (Å²) in [5, 5.41) is 8.20. The minimum atomic E-state index is -0.591. The number of furan rings is 1. The van der Waals surface area contributed by atoms with Crippen LogP contribution in [0.4, 0.5) is 0 Å². The highest BCUT2D eigenvalue weighted by atomic mass is 35.5. The van der Waals surface area contributed by atoms with Gasteiger partial charge in [-0.05, 0) is 30.3 Å². The molecule has 84 valence electrons. The van der Waals surface area contributed by atoms with Crippen LogP contribution in [0.2, 0.25) is 0 Å². The summed E-state index contributed by atoms with van der Waals surface area (Å²) in [5.41, 5.74) is 0. The third kappa shape index (κ3) is 3.66. The van der Waals surface area contributed by atoms with E-state index in [4.69, 9.17) is 21.1 Å². The van der Waals surface area contributed by atoms with E-state index in [2.05, 4.69) is 0 Å². The van der Waals surface area contributed by atoms with Gasteiger partial charge in [-0.3, -0.25) is 9.69 Å². The molecule has 1 aromatic heterocycles. The third-order valence-corrected chi connectivity index (χ3v) is 2.28. The van der Waals surface area contributed by atoms with E-state index in [-0.39, 0.29) is 12.4 Å². The minimum Gasteiger partial charge on any atom is -0.455 e. The fourth-order valence-corrected chi connectivity index (χ4v) is 1.38. The minimum absolute atomic E-state index is 0.107. The molecular weight excluding hydrogens is 218 g/mol. The van der Waals surface area contributed by atoms with E-state index >= 15 is 0 Å². The summed E-state index contributed by atoms with van der Waals surface area (Å²) in [6, 6.07) is 3.27. The summed E-state index contributed by atoms with van der Waals surface area (Å²) in [6.45, 7) is 4.07. The Bertz CT molecular complexity index is 324. The smallest absolute Gasteiger partial charge is 0.287 e. The molecule has 1 aromatic rings. The van der Waals surface area contributed by atoms with Crippen LogP contribution >= 0.6 is 11.6 Å². The molecule has 0 aliphatic carbocycles. The molecule has 0 unspecified atom stereocenters. The number of halogens is 1. The molecule has 0 aliphatic heterocycles. The van der Waals surface area contributed by atoms with Crippen molar-refractivity contribution in [3.63, 3.8) is 0 Å². The highest BCUT2D eigenvalue weighted by molar-refractivity contribution is 6.67. The maximum atomic E-state index is 10.8. The lowest BCUT2D eigenvalue weighted by Gasteiger charge is -2.16. The van der Waals surface area contributed by atoms with Gasteiger partial charge in [0.05, 0.1) is 13.2 Å². The van der Waals surface area contributed by atoms with Crippen molar-refractivity contribution in [2.45, 2.75) is 13.5 Å². The van der Waals surface area contributed by atoms with Crippen molar-refractivity contribution in [2.24, 2.45) is 0 Å². The van der Waals surface area contributed by atoms with E-state index in [1.807, 2.05) is 11.8 Å². The number of aliphatic hydroxyl groups is 1. The molecule has 0 radical (unpaired) electrons. The maximum Gasteiger partial charge on any atom is 0.287 e. The monoisotopic (exact) mass is 231 g/mol. The maximum absolute atomic E-state index is 10.8. The molecule has 0 aromatic carbocycles. The first-order valence-corrected chi connectivity index (χ1v) is 5.17. The number of rotatable bonds is 6. The van der Waals surface area contributed by atoms with Gasteiger partial charge in [-0.2, -0.15) is 0 Å². The fourth-order valence-electron chi connectivity index (χ4n) is 1.28. The van der Waals surface area contributed by atoms with Gasteiger partial charge >= 0.3 is 0 Å². The topological polar surface area (TPSA) is 53.7 Å². The predicted octanol–water partition coefficient (Wildman–Crippen LogP) is 1.47. The number of hydrogen-bond donors (Lipinski definition) is 1. The number of nitrogens with zero attached hydrogens (tertiary/aromatic N) is 1. The van der Waals surface area contributed by atoms with E-state index in [9.17, 15) is 4.79 Å². The lowest BCUT2D eigenvalue weighted by molar-refractivity contribution is 0.105. The average Bonchev–Trinajstić information content (AvgIpc) is 2.65. The molecule has 0 aliphatic rings. The van der Waals surface area contributed by atoms with Gasteiger partial charge in [0.1, 0.15) is 5.76 Å². The highest BCUT2D eigenvalue weighted by Crippen LogP contribution is 2.12. The second-order valence-electron chi connectivity index (χ2n) is 3.13. The zero-order valence-corrected chi connectivity index (χ0v) is 9.33. The summed E-state index contributed by atoms with van der Waals surface area (Å²) >= 11 is 5.26. The average molecular weight is 232 g/mol. The van der Waals surface area contributed by atoms with Crippen molar-refractivity contribution >= 4 is 16.8 Å². The first kappa shape index (κ1) is 12.2. The molecule has 0 bridgehead atoms. The van der Waals surface area contributed by atoms with Crippen LogP contribution in [-0.2, 0) is 6.54 Å². The van der Waals surface area contributed by atoms with Crippen molar-refractivity contribution in [1.82, 2.24) is 4.90 Å². The summed E-state index contributed by atoms with van der Waals surface area (Å²) < 4.78 is 5.22. The van der Waals surface area contributed by atoms with Crippen LogP contribution in [0.1, 0.15) is 23.2 Å². The van der Waals surface area contributed by atoms with Gasteiger partial charge in [-0.1, -0.05) is 6.92 Å². The lowest BCUT2D eigenvalue weighted by Crippen LogP contribution is -2.25. The summed E-state index contributed by atoms with van der Waals surface area (Å²) in [7, 11) is 0. The molecule has 0 spiro atoms. The van der Waals surface area contributed by atoms with Gasteiger partial charge in [-0.25, -0.2) is 0 Å². The molecule has 0 fully saturated rings. The van der Waals surface area contributed by atoms with Crippen LogP contribution in [0.25, 0.3) is 0 Å². The standard InChI is InChI=1S/C10H14ClNO3/c1-2-12(5-6-13)7-8-3-4-9(15-8)10(11)14/h3-4,13H,2,5-7H2,1H3. The van der Waals surface area contributed by atoms with Crippen molar-refractivity contribution in [2.75, 3.05) is 19.7 Å². The fraction of sp³-hybridized carbons (Fsp3) is 0.500. The second-order valence-corrected chi connectivity index (χ2v) is 3.48. The number of carbonyl (C=O) groups excluding carboxylic acids is 1. The molecule has 0 amide bonds. The zero-order chi connectivity index (χ0) is 11.3. The third-order valence-electron chi connectivity index (χ3n) is 2.10. The second kappa shape index (κ2) is 5.90. The van der Waals surface area contributed by atoms with Gasteiger partial charge < -0.3 is 9.52 Å². The predicted molar refractivity (Wildman–Crippen MR) is 56.9 cm³/mol. The van der Waals surface area contributed by atoms with Crippen LogP contribution in [0.5, 0.6) is 0 Å². The van der Waals surface area contributed by atoms with Crippen LogP contribution in [-0.4, -0.2) is 34.9 Å². The van der Waals surface area contributed by atoms with Gasteiger partial charge in [0, 0.05) is 6.54 Å². The number of aliphatic hydroxyl groups excluding tert-OH is 1. The van der Waals surface area contributed by atoms with Crippen molar-refractivity contribution in [1.29, 1.82) is 0 Å². The summed E-state index contributed by atoms with van der Waals surface area (Å²) in [4.78, 5) is 12.8. The van der Waals surface area contributed by atoms with E-state index in [0.717, 1.165) is 6.54 Å². The van der Waals surface area contributed by atoms with Crippen LogP contribution in [0, 0.1) is 0 Å². The van der Waals surface area contributed by atoms with Crippen molar-refractivity contribution in [3.8, 4) is 0 Å². The van der Waals surface area contributed by atoms with Crippen molar-refractivity contribution in [3.05, 3.63) is 23.7 Å². The van der Waals surface area contributed by atoms with E-state index < -0.39 is 5.24 Å². The van der Waals surface area contributed by atoms with Gasteiger partial charge in [-0.15, -0.1) is 0 Å². The Kier molecular flexibility index (Phi) is 4.81. The molecule has 0 saturated carbocycles. The Morgan fingerprint density at radius 3 is 2.80 bits per heavy atom. The molecule has 15 heavy (non-hydrogen) atoms. The van der Waals surface area contributed by atoms with Gasteiger partial charge in [0.2, 0.25) is 0 Å². The molecule has 1 heterocycles. The summed E-state index contributed by atoms with van der Waals surface area (Å²) in [6.07, 6.45) is 0. The van der Waals surface area contributed by atoms with E-state index in [0.29, 0.717) is 18.8 Å². The van der Waals surface area contributed by atoms with Gasteiger partial charge in [0.15, 0.2) is 5.76 Å². The normalized spacial score (nSPS) is 10.9. The SMILES string of the molecule is CCN(CCO)Cc1ccc(C(=O)Cl)o1. The molecule has 5 heteroatoms. The Labute approximate surface area is 93.4 Å². The largest absolute Gasteiger partial charge is 0.455 e. The first-order chi connectivity index (χ1) is 7.17. The molecule has 1 rings (SSSR count). The van der Waals surface area contributed by atoms with Crippen LogP contribution in [0.3, 0.4) is 0 Å². The van der Waals surface area contributed by atoms with Gasteiger partial charge in [0.25, 0.3) is 5.24 Å². The Hall–Kier alpha value is -0.840. The molecule has 1 N–H and O–H groups in total. The molecule has 4 nitrogen and oxygen atoms in total. The Morgan fingerprint density at radius 1 is 1.60 bits per heavy atom. The van der Waals surface area contributed by atoms with Crippen molar-refractivity contribution < 1.29 is 14.3 Å². The number of carbonyl (C=O) groups is 1. The lowest BCUT2D eigenvalue weighted by atomic mass is 10.4. The summed E-state index contributed by atoms with van der Waals surface area (Å²) in [5.74, 6) is 0.834. The van der Waals surface area contributed by atoms with Crippen LogP contribution in [0.15, 0.2) is 16.5 Å².